The number of halogens is 2. The Morgan fingerprint density at radius 1 is 1.18 bits per heavy atom. The molecule has 28 heavy (non-hydrogen) atoms. The Morgan fingerprint density at radius 3 is 2.54 bits per heavy atom. The van der Waals surface area contributed by atoms with Crippen molar-refractivity contribution in [1.82, 2.24) is 18.5 Å². The number of hydrogen-bond donors (Lipinski definition) is 0. The van der Waals surface area contributed by atoms with Gasteiger partial charge in [0.25, 0.3) is 5.56 Å². The van der Waals surface area contributed by atoms with Crippen molar-refractivity contribution >= 4 is 40.2 Å². The van der Waals surface area contributed by atoms with E-state index in [2.05, 4.69) is 4.98 Å². The smallest absolute Gasteiger partial charge is 0.332 e. The van der Waals surface area contributed by atoms with E-state index in [0.29, 0.717) is 21.4 Å². The van der Waals surface area contributed by atoms with Crippen LogP contribution in [0.3, 0.4) is 0 Å². The van der Waals surface area contributed by atoms with E-state index in [1.54, 1.807) is 35.8 Å². The molecule has 0 saturated carbocycles. The lowest BCUT2D eigenvalue weighted by Gasteiger charge is -2.13. The van der Waals surface area contributed by atoms with Crippen molar-refractivity contribution in [2.45, 2.75) is 32.7 Å². The molecule has 0 aliphatic carbocycles. The Morgan fingerprint density at radius 2 is 1.89 bits per heavy atom. The second-order valence-electron chi connectivity index (χ2n) is 7.75. The van der Waals surface area contributed by atoms with Crippen LogP contribution in [0.1, 0.15) is 32.1 Å². The number of aromatic nitrogens is 4. The molecule has 3 heterocycles. The molecule has 0 saturated heterocycles. The first-order chi connectivity index (χ1) is 13.1. The van der Waals surface area contributed by atoms with E-state index in [4.69, 9.17) is 27.6 Å². The summed E-state index contributed by atoms with van der Waals surface area (Å²) >= 11 is 12.2. The number of oxazole rings is 1. The molecule has 0 unspecified atom stereocenters. The number of benzene rings is 1. The summed E-state index contributed by atoms with van der Waals surface area (Å²) in [5.41, 5.74) is -0.0240. The van der Waals surface area contributed by atoms with Crippen molar-refractivity contribution < 1.29 is 4.42 Å². The van der Waals surface area contributed by atoms with Crippen LogP contribution in [-0.4, -0.2) is 18.5 Å². The minimum Gasteiger partial charge on any atom is -0.428 e. The van der Waals surface area contributed by atoms with Gasteiger partial charge in [0.05, 0.1) is 12.7 Å². The Labute approximate surface area is 169 Å². The van der Waals surface area contributed by atoms with Crippen molar-refractivity contribution in [3.63, 3.8) is 0 Å². The largest absolute Gasteiger partial charge is 0.428 e. The minimum atomic E-state index is -0.486. The second kappa shape index (κ2) is 6.25. The summed E-state index contributed by atoms with van der Waals surface area (Å²) in [6.45, 7) is 6.03. The van der Waals surface area contributed by atoms with Gasteiger partial charge in [-0.15, -0.1) is 0 Å². The number of imidazole rings is 1. The molecule has 0 atom stereocenters. The summed E-state index contributed by atoms with van der Waals surface area (Å²) in [6, 6.07) is 4.94. The SMILES string of the molecule is Cn1c(=O)n(Cc2ccc(Cl)cc2Cl)c(=O)c2c1nc1oc(C(C)(C)C)cn12. The summed E-state index contributed by atoms with van der Waals surface area (Å²) < 4.78 is 9.87. The zero-order valence-electron chi connectivity index (χ0n) is 15.8. The van der Waals surface area contributed by atoms with E-state index in [1.165, 1.54) is 4.57 Å². The van der Waals surface area contributed by atoms with Gasteiger partial charge in [0.15, 0.2) is 11.2 Å². The van der Waals surface area contributed by atoms with Crippen molar-refractivity contribution in [3.8, 4) is 0 Å². The highest BCUT2D eigenvalue weighted by molar-refractivity contribution is 6.35. The van der Waals surface area contributed by atoms with E-state index in [1.807, 2.05) is 20.8 Å². The molecule has 1 aromatic carbocycles. The summed E-state index contributed by atoms with van der Waals surface area (Å²) in [4.78, 5) is 30.3. The predicted molar refractivity (Wildman–Crippen MR) is 109 cm³/mol. The minimum absolute atomic E-state index is 0.0225. The van der Waals surface area contributed by atoms with Crippen molar-refractivity contribution in [3.05, 3.63) is 66.6 Å². The average molecular weight is 421 g/mol. The maximum Gasteiger partial charge on any atom is 0.332 e. The first-order valence-corrected chi connectivity index (χ1v) is 9.39. The molecule has 0 radical (unpaired) electrons. The molecule has 3 aromatic heterocycles. The third-order valence-corrected chi connectivity index (χ3v) is 5.26. The Hall–Kier alpha value is -2.51. The molecule has 0 amide bonds. The summed E-state index contributed by atoms with van der Waals surface area (Å²) in [7, 11) is 1.57. The van der Waals surface area contributed by atoms with Gasteiger partial charge in [-0.25, -0.2) is 4.79 Å². The number of hydrogen-bond acceptors (Lipinski definition) is 4. The van der Waals surface area contributed by atoms with Crippen molar-refractivity contribution in [1.29, 1.82) is 0 Å². The molecular formula is C19H18Cl2N4O3. The molecule has 0 N–H and O–H groups in total. The zero-order chi connectivity index (χ0) is 20.4. The summed E-state index contributed by atoms with van der Waals surface area (Å²) in [5, 5.41) is 0.869. The van der Waals surface area contributed by atoms with Gasteiger partial charge in [-0.2, -0.15) is 4.98 Å². The molecule has 9 heteroatoms. The van der Waals surface area contributed by atoms with Gasteiger partial charge in [-0.3, -0.25) is 18.3 Å². The molecule has 146 valence electrons. The molecule has 0 aliphatic heterocycles. The van der Waals surface area contributed by atoms with Crippen LogP contribution in [0.5, 0.6) is 0 Å². The highest BCUT2D eigenvalue weighted by Gasteiger charge is 2.24. The normalized spacial score (nSPS) is 12.4. The van der Waals surface area contributed by atoms with Crippen LogP contribution in [0, 0.1) is 0 Å². The van der Waals surface area contributed by atoms with Crippen LogP contribution in [-0.2, 0) is 19.0 Å². The first-order valence-electron chi connectivity index (χ1n) is 8.64. The quantitative estimate of drug-likeness (QED) is 0.496. The number of rotatable bonds is 2. The lowest BCUT2D eigenvalue weighted by Crippen LogP contribution is -2.39. The van der Waals surface area contributed by atoms with Crippen molar-refractivity contribution in [2.75, 3.05) is 0 Å². The highest BCUT2D eigenvalue weighted by atomic mass is 35.5. The third kappa shape index (κ3) is 2.86. The first kappa shape index (κ1) is 18.8. The van der Waals surface area contributed by atoms with Gasteiger partial charge in [0, 0.05) is 22.5 Å². The highest BCUT2D eigenvalue weighted by Crippen LogP contribution is 2.26. The predicted octanol–water partition coefficient (Wildman–Crippen LogP) is 3.59. The van der Waals surface area contributed by atoms with Gasteiger partial charge in [0.1, 0.15) is 5.76 Å². The van der Waals surface area contributed by atoms with E-state index in [9.17, 15) is 9.59 Å². The molecule has 0 aliphatic rings. The fourth-order valence-corrected chi connectivity index (χ4v) is 3.53. The fourth-order valence-electron chi connectivity index (χ4n) is 3.06. The molecule has 0 bridgehead atoms. The van der Waals surface area contributed by atoms with E-state index < -0.39 is 11.2 Å². The zero-order valence-corrected chi connectivity index (χ0v) is 17.3. The second-order valence-corrected chi connectivity index (χ2v) is 8.59. The van der Waals surface area contributed by atoms with Crippen LogP contribution >= 0.6 is 23.2 Å². The molecule has 4 aromatic rings. The number of aryl methyl sites for hydroxylation is 1. The number of fused-ring (bicyclic) bond motifs is 3. The van der Waals surface area contributed by atoms with Crippen LogP contribution in [0.25, 0.3) is 17.0 Å². The standard InChI is InChI=1S/C19H18Cl2N4O3/c1-19(2,3)13-9-24-14-15(22-17(24)28-13)23(4)18(27)25(16(14)26)8-10-5-6-11(20)7-12(10)21/h5-7,9H,8H2,1-4H3. The molecule has 0 spiro atoms. The topological polar surface area (TPSA) is 74.4 Å². The maximum absolute atomic E-state index is 13.2. The lowest BCUT2D eigenvalue weighted by molar-refractivity contribution is 0.425. The van der Waals surface area contributed by atoms with Crippen LogP contribution in [0.15, 0.2) is 38.4 Å². The number of nitrogens with zero attached hydrogens (tertiary/aromatic N) is 4. The monoisotopic (exact) mass is 420 g/mol. The van der Waals surface area contributed by atoms with E-state index in [-0.39, 0.29) is 29.0 Å². The Bertz CT molecular complexity index is 1350. The fraction of sp³-hybridized carbons (Fsp3) is 0.316. The van der Waals surface area contributed by atoms with E-state index in [0.717, 1.165) is 4.57 Å². The lowest BCUT2D eigenvalue weighted by atomic mass is 9.94. The van der Waals surface area contributed by atoms with Gasteiger partial charge >= 0.3 is 11.5 Å². The van der Waals surface area contributed by atoms with Gasteiger partial charge < -0.3 is 4.42 Å². The summed E-state index contributed by atoms with van der Waals surface area (Å²) in [5.74, 6) is 0.965. The van der Waals surface area contributed by atoms with Crippen LogP contribution in [0.4, 0.5) is 0 Å². The van der Waals surface area contributed by atoms with Gasteiger partial charge in [-0.05, 0) is 17.7 Å². The van der Waals surface area contributed by atoms with Crippen molar-refractivity contribution in [2.24, 2.45) is 7.05 Å². The third-order valence-electron chi connectivity index (χ3n) is 4.67. The van der Waals surface area contributed by atoms with E-state index >= 15 is 0 Å². The summed E-state index contributed by atoms with van der Waals surface area (Å²) in [6.07, 6.45) is 1.75. The van der Waals surface area contributed by atoms with Gasteiger partial charge in [0.2, 0.25) is 0 Å². The Balaban J connectivity index is 1.99. The molecule has 0 fully saturated rings. The molecule has 4 rings (SSSR count). The van der Waals surface area contributed by atoms with Gasteiger partial charge in [-0.1, -0.05) is 50.0 Å². The van der Waals surface area contributed by atoms with Crippen LogP contribution < -0.4 is 11.2 Å². The molecule has 7 nitrogen and oxygen atoms in total. The average Bonchev–Trinajstić information content (AvgIpc) is 3.16. The maximum atomic E-state index is 13.2. The Kier molecular flexibility index (Phi) is 4.21. The molecular weight excluding hydrogens is 403 g/mol. The van der Waals surface area contributed by atoms with Crippen LogP contribution in [0.2, 0.25) is 10.0 Å².